The molecule has 2 unspecified atom stereocenters. The van der Waals surface area contributed by atoms with Crippen LogP contribution in [0.1, 0.15) is 6.42 Å². The van der Waals surface area contributed by atoms with Gasteiger partial charge in [0.1, 0.15) is 11.5 Å². The maximum Gasteiger partial charge on any atom is 0.404 e. The zero-order valence-corrected chi connectivity index (χ0v) is 12.1. The van der Waals surface area contributed by atoms with E-state index in [1.165, 1.54) is 17.5 Å². The summed E-state index contributed by atoms with van der Waals surface area (Å²) >= 11 is 2.10. The highest BCUT2D eigenvalue weighted by Gasteiger charge is 2.44. The lowest BCUT2D eigenvalue weighted by Gasteiger charge is -2.32. The summed E-state index contributed by atoms with van der Waals surface area (Å²) < 4.78 is 37.8. The molecule has 6 nitrogen and oxygen atoms in total. The van der Waals surface area contributed by atoms with Gasteiger partial charge >= 0.3 is 6.18 Å². The summed E-state index contributed by atoms with van der Waals surface area (Å²) in [5.74, 6) is -1.21. The number of carbonyl (C=O) groups is 2. The first-order chi connectivity index (χ1) is 9.84. The Kier molecular flexibility index (Phi) is 5.06. The minimum atomic E-state index is -4.50. The fourth-order valence-electron chi connectivity index (χ4n) is 1.57. The van der Waals surface area contributed by atoms with E-state index in [0.29, 0.717) is 5.13 Å². The normalized spacial score (nSPS) is 22.7. The van der Waals surface area contributed by atoms with Crippen LogP contribution in [-0.4, -0.2) is 40.3 Å². The minimum Gasteiger partial charge on any atom is -0.332 e. The van der Waals surface area contributed by atoms with Crippen molar-refractivity contribution in [1.82, 2.24) is 15.6 Å². The molecule has 0 radical (unpaired) electrons. The van der Waals surface area contributed by atoms with Crippen LogP contribution in [0.5, 0.6) is 0 Å². The molecular weight excluding hydrogens is 329 g/mol. The number of thiazole rings is 1. The molecule has 1 saturated heterocycles. The fourth-order valence-corrected chi connectivity index (χ4v) is 2.98. The predicted octanol–water partition coefficient (Wildman–Crippen LogP) is 1.14. The molecule has 116 valence electrons. The smallest absolute Gasteiger partial charge is 0.332 e. The molecule has 1 aromatic heterocycles. The van der Waals surface area contributed by atoms with Gasteiger partial charge in [-0.15, -0.1) is 23.1 Å². The van der Waals surface area contributed by atoms with Crippen molar-refractivity contribution in [3.05, 3.63) is 11.6 Å². The van der Waals surface area contributed by atoms with Crippen LogP contribution >= 0.6 is 23.1 Å². The first-order valence-corrected chi connectivity index (χ1v) is 7.70. The fraction of sp³-hybridized carbons (Fsp3) is 0.500. The molecule has 1 aliphatic heterocycles. The maximum atomic E-state index is 12.6. The lowest BCUT2D eigenvalue weighted by atomic mass is 10.1. The molecule has 1 aromatic rings. The van der Waals surface area contributed by atoms with Crippen molar-refractivity contribution in [3.63, 3.8) is 0 Å². The SMILES string of the molecule is O=C(CSC1NC(=O)CC(C(F)(F)F)N1)Nc1nccs1. The average molecular weight is 340 g/mol. The number of aromatic nitrogens is 1. The Balaban J connectivity index is 1.82. The van der Waals surface area contributed by atoms with Gasteiger partial charge in [0.25, 0.3) is 0 Å². The molecule has 0 saturated carbocycles. The lowest BCUT2D eigenvalue weighted by Crippen LogP contribution is -2.59. The molecule has 0 aliphatic carbocycles. The molecule has 0 spiro atoms. The Hall–Kier alpha value is -1.33. The van der Waals surface area contributed by atoms with Crippen molar-refractivity contribution >= 4 is 40.0 Å². The number of rotatable bonds is 4. The third kappa shape index (κ3) is 4.86. The van der Waals surface area contributed by atoms with Crippen molar-refractivity contribution in [2.24, 2.45) is 0 Å². The molecular formula is C10H11F3N4O2S2. The average Bonchev–Trinajstić information content (AvgIpc) is 2.87. The number of nitrogens with one attached hydrogen (secondary N) is 3. The number of alkyl halides is 3. The number of nitrogens with zero attached hydrogens (tertiary/aromatic N) is 1. The van der Waals surface area contributed by atoms with E-state index in [2.05, 4.69) is 20.9 Å². The van der Waals surface area contributed by atoms with E-state index in [-0.39, 0.29) is 5.75 Å². The molecule has 2 heterocycles. The quantitative estimate of drug-likeness (QED) is 0.766. The zero-order chi connectivity index (χ0) is 15.5. The van der Waals surface area contributed by atoms with E-state index in [9.17, 15) is 22.8 Å². The van der Waals surface area contributed by atoms with Crippen molar-refractivity contribution in [1.29, 1.82) is 0 Å². The Morgan fingerprint density at radius 1 is 1.57 bits per heavy atom. The van der Waals surface area contributed by atoms with E-state index < -0.39 is 36.0 Å². The van der Waals surface area contributed by atoms with Gasteiger partial charge in [-0.2, -0.15) is 13.2 Å². The van der Waals surface area contributed by atoms with E-state index in [1.54, 1.807) is 5.38 Å². The van der Waals surface area contributed by atoms with Crippen LogP contribution in [0.15, 0.2) is 11.6 Å². The molecule has 21 heavy (non-hydrogen) atoms. The van der Waals surface area contributed by atoms with Crippen LogP contribution in [0.4, 0.5) is 18.3 Å². The van der Waals surface area contributed by atoms with Crippen molar-refractivity contribution in [2.45, 2.75) is 24.1 Å². The van der Waals surface area contributed by atoms with Crippen LogP contribution in [0.2, 0.25) is 0 Å². The van der Waals surface area contributed by atoms with Gasteiger partial charge in [-0.1, -0.05) is 0 Å². The van der Waals surface area contributed by atoms with Gasteiger partial charge in [-0.3, -0.25) is 14.9 Å². The van der Waals surface area contributed by atoms with Gasteiger partial charge in [-0.05, 0) is 0 Å². The summed E-state index contributed by atoms with van der Waals surface area (Å²) in [6.45, 7) is 0. The summed E-state index contributed by atoms with van der Waals surface area (Å²) in [5, 5.41) is 9.19. The Bertz CT molecular complexity index is 509. The molecule has 2 amide bonds. The van der Waals surface area contributed by atoms with Crippen LogP contribution in [-0.2, 0) is 9.59 Å². The Morgan fingerprint density at radius 2 is 2.33 bits per heavy atom. The van der Waals surface area contributed by atoms with Crippen LogP contribution in [0.25, 0.3) is 0 Å². The van der Waals surface area contributed by atoms with Gasteiger partial charge in [-0.25, -0.2) is 4.98 Å². The number of halogens is 3. The molecule has 2 atom stereocenters. The van der Waals surface area contributed by atoms with Gasteiger partial charge in [0.2, 0.25) is 11.8 Å². The largest absolute Gasteiger partial charge is 0.404 e. The highest BCUT2D eigenvalue weighted by atomic mass is 32.2. The third-order valence-corrected chi connectivity index (χ3v) is 4.19. The first-order valence-electron chi connectivity index (χ1n) is 5.77. The second kappa shape index (κ2) is 6.62. The molecule has 3 N–H and O–H groups in total. The van der Waals surface area contributed by atoms with Gasteiger partial charge < -0.3 is 10.6 Å². The van der Waals surface area contributed by atoms with Gasteiger partial charge in [0.05, 0.1) is 12.2 Å². The second-order valence-corrected chi connectivity index (χ2v) is 6.10. The number of amides is 2. The van der Waals surface area contributed by atoms with E-state index in [4.69, 9.17) is 0 Å². The topological polar surface area (TPSA) is 83.1 Å². The summed E-state index contributed by atoms with van der Waals surface area (Å²) in [5.41, 5.74) is -0.958. The monoisotopic (exact) mass is 340 g/mol. The van der Waals surface area contributed by atoms with Crippen molar-refractivity contribution in [3.8, 4) is 0 Å². The lowest BCUT2D eigenvalue weighted by molar-refractivity contribution is -0.167. The number of hydrogen-bond acceptors (Lipinski definition) is 6. The van der Waals surface area contributed by atoms with Gasteiger partial charge in [0.15, 0.2) is 5.13 Å². The second-order valence-electron chi connectivity index (χ2n) is 4.11. The molecule has 1 fully saturated rings. The number of thioether (sulfide) groups is 1. The predicted molar refractivity (Wildman–Crippen MR) is 72.7 cm³/mol. The number of hydrogen-bond donors (Lipinski definition) is 3. The summed E-state index contributed by atoms with van der Waals surface area (Å²) in [7, 11) is 0. The minimum absolute atomic E-state index is 0.109. The summed E-state index contributed by atoms with van der Waals surface area (Å²) in [4.78, 5) is 26.7. The van der Waals surface area contributed by atoms with Gasteiger partial charge in [0, 0.05) is 11.6 Å². The molecule has 0 aromatic carbocycles. The molecule has 1 aliphatic rings. The highest BCUT2D eigenvalue weighted by Crippen LogP contribution is 2.26. The number of anilines is 1. The Morgan fingerprint density at radius 3 is 2.95 bits per heavy atom. The third-order valence-electron chi connectivity index (χ3n) is 2.49. The maximum absolute atomic E-state index is 12.6. The molecule has 11 heteroatoms. The van der Waals surface area contributed by atoms with Crippen molar-refractivity contribution < 1.29 is 22.8 Å². The van der Waals surface area contributed by atoms with Crippen LogP contribution in [0.3, 0.4) is 0 Å². The number of carbonyl (C=O) groups excluding carboxylic acids is 2. The summed E-state index contributed by atoms with van der Waals surface area (Å²) in [6.07, 6.45) is -3.64. The van der Waals surface area contributed by atoms with E-state index in [0.717, 1.165) is 11.8 Å². The highest BCUT2D eigenvalue weighted by molar-refractivity contribution is 8.00. The van der Waals surface area contributed by atoms with Crippen LogP contribution in [0, 0.1) is 0 Å². The zero-order valence-electron chi connectivity index (χ0n) is 10.4. The summed E-state index contributed by atoms with van der Waals surface area (Å²) in [6, 6.07) is -1.90. The standard InChI is InChI=1S/C10H11F3N4O2S2/c11-10(12,13)5-3-6(18)16-9(15-5)21-4-7(19)17-8-14-1-2-20-8/h1-2,5,9,15H,3-4H2,(H,16,18)(H,14,17,19). The van der Waals surface area contributed by atoms with E-state index >= 15 is 0 Å². The molecule has 0 bridgehead atoms. The Labute approximate surface area is 125 Å². The first kappa shape index (κ1) is 16.0. The van der Waals surface area contributed by atoms with Crippen molar-refractivity contribution in [2.75, 3.05) is 11.1 Å². The molecule has 2 rings (SSSR count). The van der Waals surface area contributed by atoms with E-state index in [1.807, 2.05) is 0 Å². The van der Waals surface area contributed by atoms with Crippen LogP contribution < -0.4 is 16.0 Å².